The molecule has 23 heavy (non-hydrogen) atoms. The van der Waals surface area contributed by atoms with Gasteiger partial charge in [-0.25, -0.2) is 4.68 Å². The van der Waals surface area contributed by atoms with E-state index in [4.69, 9.17) is 0 Å². The minimum absolute atomic E-state index is 0.00850. The molecule has 0 spiro atoms. The molecule has 0 aliphatic carbocycles. The molecule has 3 aromatic rings. The number of benzene rings is 2. The Morgan fingerprint density at radius 1 is 1.17 bits per heavy atom. The van der Waals surface area contributed by atoms with Gasteiger partial charge in [-0.05, 0) is 47.0 Å². The fourth-order valence-corrected chi connectivity index (χ4v) is 2.28. The van der Waals surface area contributed by atoms with Crippen molar-refractivity contribution in [2.24, 2.45) is 0 Å². The van der Waals surface area contributed by atoms with E-state index in [2.05, 4.69) is 20.8 Å². The van der Waals surface area contributed by atoms with Crippen molar-refractivity contribution in [1.82, 2.24) is 20.2 Å². The van der Waals surface area contributed by atoms with E-state index in [1.54, 1.807) is 4.68 Å². The van der Waals surface area contributed by atoms with Crippen LogP contribution in [0.5, 0.6) is 0 Å². The van der Waals surface area contributed by atoms with Crippen LogP contribution in [0.3, 0.4) is 0 Å². The number of nitrogens with one attached hydrogen (secondary N) is 1. The molecule has 0 saturated heterocycles. The smallest absolute Gasteiger partial charge is 0.224 e. The molecule has 6 heteroatoms. The first-order valence-corrected chi connectivity index (χ1v) is 7.40. The summed E-state index contributed by atoms with van der Waals surface area (Å²) in [6, 6.07) is 15.7. The maximum absolute atomic E-state index is 12.2. The Bertz CT molecular complexity index is 784. The van der Waals surface area contributed by atoms with Gasteiger partial charge in [0.05, 0.1) is 5.69 Å². The van der Waals surface area contributed by atoms with Crippen LogP contribution in [0.25, 0.3) is 5.69 Å². The summed E-state index contributed by atoms with van der Waals surface area (Å²) in [6.07, 6.45) is 2.68. The fourth-order valence-electron chi connectivity index (χ4n) is 2.28. The molecule has 0 bridgehead atoms. The zero-order valence-electron chi connectivity index (χ0n) is 12.8. The van der Waals surface area contributed by atoms with Crippen molar-refractivity contribution in [3.05, 3.63) is 66.0 Å². The molecular formula is C17H17N5O. The van der Waals surface area contributed by atoms with Crippen LogP contribution in [0.1, 0.15) is 17.5 Å². The third kappa shape index (κ3) is 3.79. The summed E-state index contributed by atoms with van der Waals surface area (Å²) in [5.41, 5.74) is 3.73. The molecule has 2 aromatic carbocycles. The lowest BCUT2D eigenvalue weighted by Crippen LogP contribution is -2.13. The average Bonchev–Trinajstić information content (AvgIpc) is 3.10. The lowest BCUT2D eigenvalue weighted by molar-refractivity contribution is -0.116. The summed E-state index contributed by atoms with van der Waals surface area (Å²) < 4.78 is 1.55. The van der Waals surface area contributed by atoms with Crippen LogP contribution in [-0.2, 0) is 11.2 Å². The largest absolute Gasteiger partial charge is 0.326 e. The maximum Gasteiger partial charge on any atom is 0.224 e. The highest BCUT2D eigenvalue weighted by Gasteiger charge is 2.07. The molecule has 6 nitrogen and oxygen atoms in total. The number of anilines is 1. The first-order chi connectivity index (χ1) is 11.2. The fraction of sp³-hybridized carbons (Fsp3) is 0.176. The summed E-state index contributed by atoms with van der Waals surface area (Å²) in [7, 11) is 0. The molecule has 0 radical (unpaired) electrons. The molecule has 116 valence electrons. The van der Waals surface area contributed by atoms with E-state index in [0.717, 1.165) is 28.9 Å². The van der Waals surface area contributed by atoms with Gasteiger partial charge in [-0.1, -0.05) is 36.4 Å². The number of aryl methyl sites for hydroxylation is 2. The second-order valence-corrected chi connectivity index (χ2v) is 5.29. The van der Waals surface area contributed by atoms with Crippen LogP contribution in [0, 0.1) is 6.92 Å². The van der Waals surface area contributed by atoms with E-state index >= 15 is 0 Å². The van der Waals surface area contributed by atoms with Crippen molar-refractivity contribution in [1.29, 1.82) is 0 Å². The van der Waals surface area contributed by atoms with E-state index in [1.165, 1.54) is 6.33 Å². The minimum Gasteiger partial charge on any atom is -0.326 e. The quantitative estimate of drug-likeness (QED) is 0.786. The zero-order chi connectivity index (χ0) is 16.1. The number of hydrogen-bond acceptors (Lipinski definition) is 4. The van der Waals surface area contributed by atoms with Gasteiger partial charge in [0.1, 0.15) is 6.33 Å². The Labute approximate surface area is 134 Å². The number of tetrazole rings is 1. The molecule has 0 atom stereocenters. The van der Waals surface area contributed by atoms with Crippen molar-refractivity contribution < 1.29 is 4.79 Å². The monoisotopic (exact) mass is 307 g/mol. The third-order valence-corrected chi connectivity index (χ3v) is 3.59. The average molecular weight is 307 g/mol. The number of hydrogen-bond donors (Lipinski definition) is 1. The Hall–Kier alpha value is -3.02. The van der Waals surface area contributed by atoms with E-state index < -0.39 is 0 Å². The highest BCUT2D eigenvalue weighted by atomic mass is 16.1. The first kappa shape index (κ1) is 14.9. The standard InChI is InChI=1S/C17H17N5O/c1-13-7-9-15(22-12-18-20-21-22)11-16(13)19-17(23)10-8-14-5-3-2-4-6-14/h2-7,9,11-12H,8,10H2,1H3,(H,19,23). The van der Waals surface area contributed by atoms with E-state index in [-0.39, 0.29) is 5.91 Å². The van der Waals surface area contributed by atoms with Crippen LogP contribution in [0.15, 0.2) is 54.9 Å². The minimum atomic E-state index is -0.00850. The SMILES string of the molecule is Cc1ccc(-n2cnnn2)cc1NC(=O)CCc1ccccc1. The number of rotatable bonds is 5. The lowest BCUT2D eigenvalue weighted by Gasteiger charge is -2.10. The van der Waals surface area contributed by atoms with Gasteiger partial charge in [0, 0.05) is 12.1 Å². The van der Waals surface area contributed by atoms with Crippen molar-refractivity contribution >= 4 is 11.6 Å². The zero-order valence-corrected chi connectivity index (χ0v) is 12.8. The molecule has 1 heterocycles. The Morgan fingerprint density at radius 3 is 2.74 bits per heavy atom. The Balaban J connectivity index is 1.67. The molecule has 1 aromatic heterocycles. The summed E-state index contributed by atoms with van der Waals surface area (Å²) in [4.78, 5) is 12.2. The van der Waals surface area contributed by atoms with Crippen molar-refractivity contribution in [2.45, 2.75) is 19.8 Å². The predicted octanol–water partition coefficient (Wildman–Crippen LogP) is 2.54. The third-order valence-electron chi connectivity index (χ3n) is 3.59. The van der Waals surface area contributed by atoms with Crippen molar-refractivity contribution in [3.8, 4) is 5.69 Å². The van der Waals surface area contributed by atoms with Gasteiger partial charge in [-0.3, -0.25) is 4.79 Å². The van der Waals surface area contributed by atoms with Gasteiger partial charge in [0.25, 0.3) is 0 Å². The summed E-state index contributed by atoms with van der Waals surface area (Å²) in [6.45, 7) is 1.95. The maximum atomic E-state index is 12.2. The molecule has 0 fully saturated rings. The van der Waals surface area contributed by atoms with Crippen LogP contribution < -0.4 is 5.32 Å². The van der Waals surface area contributed by atoms with Gasteiger partial charge in [0.2, 0.25) is 5.91 Å². The van der Waals surface area contributed by atoms with Gasteiger partial charge >= 0.3 is 0 Å². The second-order valence-electron chi connectivity index (χ2n) is 5.29. The number of nitrogens with zero attached hydrogens (tertiary/aromatic N) is 4. The Kier molecular flexibility index (Phi) is 4.42. The van der Waals surface area contributed by atoms with Crippen LogP contribution >= 0.6 is 0 Å². The summed E-state index contributed by atoms with van der Waals surface area (Å²) in [5.74, 6) is -0.00850. The van der Waals surface area contributed by atoms with Gasteiger partial charge in [0.15, 0.2) is 0 Å². The Morgan fingerprint density at radius 2 is 2.00 bits per heavy atom. The molecule has 0 saturated carbocycles. The number of carbonyl (C=O) groups is 1. The second kappa shape index (κ2) is 6.83. The highest BCUT2D eigenvalue weighted by molar-refractivity contribution is 5.91. The van der Waals surface area contributed by atoms with E-state index in [0.29, 0.717) is 6.42 Å². The number of aromatic nitrogens is 4. The van der Waals surface area contributed by atoms with Gasteiger partial charge in [-0.2, -0.15) is 0 Å². The predicted molar refractivity (Wildman–Crippen MR) is 87.3 cm³/mol. The molecule has 3 rings (SSSR count). The van der Waals surface area contributed by atoms with Crippen LogP contribution in [-0.4, -0.2) is 26.1 Å². The number of carbonyl (C=O) groups excluding carboxylic acids is 1. The van der Waals surface area contributed by atoms with Crippen LogP contribution in [0.4, 0.5) is 5.69 Å². The van der Waals surface area contributed by atoms with Crippen molar-refractivity contribution in [2.75, 3.05) is 5.32 Å². The van der Waals surface area contributed by atoms with Gasteiger partial charge < -0.3 is 5.32 Å². The molecule has 1 amide bonds. The molecule has 0 aliphatic heterocycles. The van der Waals surface area contributed by atoms with Crippen LogP contribution in [0.2, 0.25) is 0 Å². The molecular weight excluding hydrogens is 290 g/mol. The van der Waals surface area contributed by atoms with E-state index in [9.17, 15) is 4.79 Å². The normalized spacial score (nSPS) is 10.5. The topological polar surface area (TPSA) is 72.7 Å². The summed E-state index contributed by atoms with van der Waals surface area (Å²) in [5, 5.41) is 14.1. The summed E-state index contributed by atoms with van der Waals surface area (Å²) >= 11 is 0. The first-order valence-electron chi connectivity index (χ1n) is 7.40. The number of amides is 1. The molecule has 1 N–H and O–H groups in total. The molecule has 0 aliphatic rings. The lowest BCUT2D eigenvalue weighted by atomic mass is 10.1. The van der Waals surface area contributed by atoms with Crippen molar-refractivity contribution in [3.63, 3.8) is 0 Å². The van der Waals surface area contributed by atoms with E-state index in [1.807, 2.05) is 55.5 Å². The highest BCUT2D eigenvalue weighted by Crippen LogP contribution is 2.19. The van der Waals surface area contributed by atoms with Gasteiger partial charge in [-0.15, -0.1) is 5.10 Å². The molecule has 0 unspecified atom stereocenters.